The number of aryl methyl sites for hydroxylation is 1. The molecule has 0 saturated carbocycles. The molecule has 64 valence electrons. The summed E-state index contributed by atoms with van der Waals surface area (Å²) in [6.07, 6.45) is 2.11. The Morgan fingerprint density at radius 3 is 2.83 bits per heavy atom. The molecule has 0 aliphatic rings. The van der Waals surface area contributed by atoms with Crippen LogP contribution in [0.5, 0.6) is 0 Å². The van der Waals surface area contributed by atoms with Crippen LogP contribution in [0.2, 0.25) is 0 Å². The quantitative estimate of drug-likeness (QED) is 0.662. The van der Waals surface area contributed by atoms with Crippen LogP contribution in [0.4, 0.5) is 5.82 Å². The van der Waals surface area contributed by atoms with Gasteiger partial charge in [-0.3, -0.25) is 0 Å². The fourth-order valence-electron chi connectivity index (χ4n) is 0.777. The van der Waals surface area contributed by atoms with Crippen LogP contribution in [0.15, 0.2) is 6.20 Å². The van der Waals surface area contributed by atoms with Gasteiger partial charge in [0.05, 0.1) is 5.69 Å². The van der Waals surface area contributed by atoms with Crippen LogP contribution in [-0.4, -0.2) is 21.0 Å². The lowest BCUT2D eigenvalue weighted by Crippen LogP contribution is -2.08. The normalized spacial score (nSPS) is 9.75. The van der Waals surface area contributed by atoms with Gasteiger partial charge in [0.25, 0.3) is 0 Å². The Labute approximate surface area is 69.3 Å². The second-order valence-corrected chi connectivity index (χ2v) is 2.25. The smallest absolute Gasteiger partial charge is 0.358 e. The second kappa shape index (κ2) is 3.17. The van der Waals surface area contributed by atoms with E-state index in [1.165, 1.54) is 6.20 Å². The maximum absolute atomic E-state index is 10.4. The van der Waals surface area contributed by atoms with Gasteiger partial charge in [0.2, 0.25) is 0 Å². The molecule has 5 heteroatoms. The van der Waals surface area contributed by atoms with E-state index >= 15 is 0 Å². The minimum Gasteiger partial charge on any atom is -0.476 e. The number of carboxylic acid groups (broad SMARTS) is 1. The van der Waals surface area contributed by atoms with Crippen molar-refractivity contribution in [2.24, 2.45) is 0 Å². The summed E-state index contributed by atoms with van der Waals surface area (Å²) in [6, 6.07) is 0. The first-order valence-electron chi connectivity index (χ1n) is 3.49. The van der Waals surface area contributed by atoms with Gasteiger partial charge in [-0.1, -0.05) is 6.92 Å². The van der Waals surface area contributed by atoms with E-state index in [2.05, 4.69) is 9.97 Å². The molecule has 0 saturated heterocycles. The molecule has 0 aliphatic carbocycles. The van der Waals surface area contributed by atoms with Crippen LogP contribution in [0.3, 0.4) is 0 Å². The zero-order valence-electron chi connectivity index (χ0n) is 6.61. The molecule has 0 atom stereocenters. The van der Waals surface area contributed by atoms with Crippen molar-refractivity contribution in [3.63, 3.8) is 0 Å². The summed E-state index contributed by atoms with van der Waals surface area (Å²) >= 11 is 0. The van der Waals surface area contributed by atoms with E-state index in [4.69, 9.17) is 10.8 Å². The van der Waals surface area contributed by atoms with Crippen LogP contribution in [-0.2, 0) is 6.42 Å². The standard InChI is InChI=1S/C7H9N3O2/c1-2-4-3-9-5(7(11)12)6(8)10-4/h3H,2H2,1H3,(H2,8,10)(H,11,12). The zero-order chi connectivity index (χ0) is 9.14. The summed E-state index contributed by atoms with van der Waals surface area (Å²) in [6.45, 7) is 1.89. The molecule has 0 radical (unpaired) electrons. The molecule has 0 aromatic carbocycles. The Hall–Kier alpha value is -1.65. The lowest BCUT2D eigenvalue weighted by Gasteiger charge is -1.99. The number of nitrogens with zero attached hydrogens (tertiary/aromatic N) is 2. The summed E-state index contributed by atoms with van der Waals surface area (Å²) in [7, 11) is 0. The molecule has 1 rings (SSSR count). The SMILES string of the molecule is CCc1cnc(C(=O)O)c(N)n1. The molecule has 0 fully saturated rings. The molecule has 1 aromatic rings. The molecule has 0 spiro atoms. The highest BCUT2D eigenvalue weighted by Crippen LogP contribution is 2.05. The predicted molar refractivity (Wildman–Crippen MR) is 42.8 cm³/mol. The molecular formula is C7H9N3O2. The number of aromatic nitrogens is 2. The minimum atomic E-state index is -1.15. The third-order valence-electron chi connectivity index (χ3n) is 1.41. The van der Waals surface area contributed by atoms with Crippen molar-refractivity contribution in [2.45, 2.75) is 13.3 Å². The Balaban J connectivity index is 3.12. The van der Waals surface area contributed by atoms with Crippen molar-refractivity contribution in [1.82, 2.24) is 9.97 Å². The largest absolute Gasteiger partial charge is 0.476 e. The lowest BCUT2D eigenvalue weighted by atomic mass is 10.3. The first kappa shape index (κ1) is 8.45. The fraction of sp³-hybridized carbons (Fsp3) is 0.286. The van der Waals surface area contributed by atoms with Crippen molar-refractivity contribution in [1.29, 1.82) is 0 Å². The van der Waals surface area contributed by atoms with Crippen molar-refractivity contribution in [2.75, 3.05) is 5.73 Å². The van der Waals surface area contributed by atoms with Gasteiger partial charge >= 0.3 is 5.97 Å². The van der Waals surface area contributed by atoms with Crippen LogP contribution >= 0.6 is 0 Å². The zero-order valence-corrected chi connectivity index (χ0v) is 6.61. The number of aromatic carboxylic acids is 1. The van der Waals surface area contributed by atoms with Gasteiger partial charge in [0, 0.05) is 6.20 Å². The van der Waals surface area contributed by atoms with Crippen LogP contribution in [0.25, 0.3) is 0 Å². The minimum absolute atomic E-state index is 0.0261. The second-order valence-electron chi connectivity index (χ2n) is 2.25. The maximum atomic E-state index is 10.4. The summed E-state index contributed by atoms with van der Waals surface area (Å²) in [5.74, 6) is -1.18. The summed E-state index contributed by atoms with van der Waals surface area (Å²) in [5, 5.41) is 8.55. The van der Waals surface area contributed by atoms with E-state index in [0.717, 1.165) is 0 Å². The summed E-state index contributed by atoms with van der Waals surface area (Å²) < 4.78 is 0. The van der Waals surface area contributed by atoms with Gasteiger partial charge < -0.3 is 10.8 Å². The molecule has 12 heavy (non-hydrogen) atoms. The molecule has 0 bridgehead atoms. The predicted octanol–water partition coefficient (Wildman–Crippen LogP) is 0.319. The van der Waals surface area contributed by atoms with E-state index < -0.39 is 5.97 Å². The van der Waals surface area contributed by atoms with E-state index in [9.17, 15) is 4.79 Å². The van der Waals surface area contributed by atoms with E-state index in [1.807, 2.05) is 6.92 Å². The van der Waals surface area contributed by atoms with Crippen molar-refractivity contribution in [3.8, 4) is 0 Å². The molecule has 0 aliphatic heterocycles. The van der Waals surface area contributed by atoms with E-state index in [-0.39, 0.29) is 11.5 Å². The molecule has 1 aromatic heterocycles. The molecule has 5 nitrogen and oxygen atoms in total. The lowest BCUT2D eigenvalue weighted by molar-refractivity contribution is 0.0691. The number of nitrogens with two attached hydrogens (primary N) is 1. The Bertz CT molecular complexity index is 312. The first-order chi connectivity index (χ1) is 5.65. The molecule has 1 heterocycles. The number of nitrogen functional groups attached to an aromatic ring is 1. The van der Waals surface area contributed by atoms with Crippen LogP contribution < -0.4 is 5.73 Å². The summed E-state index contributed by atoms with van der Waals surface area (Å²) in [5.41, 5.74) is 5.85. The number of carboxylic acids is 1. The highest BCUT2D eigenvalue weighted by molar-refractivity contribution is 5.90. The third kappa shape index (κ3) is 1.50. The summed E-state index contributed by atoms with van der Waals surface area (Å²) in [4.78, 5) is 17.9. The van der Waals surface area contributed by atoms with Gasteiger partial charge in [-0.05, 0) is 6.42 Å². The highest BCUT2D eigenvalue weighted by Gasteiger charge is 2.10. The first-order valence-corrected chi connectivity index (χ1v) is 3.49. The Morgan fingerprint density at radius 2 is 2.42 bits per heavy atom. The van der Waals surface area contributed by atoms with Crippen molar-refractivity contribution >= 4 is 11.8 Å². The number of rotatable bonds is 2. The number of hydrogen-bond acceptors (Lipinski definition) is 4. The number of hydrogen-bond donors (Lipinski definition) is 2. The number of anilines is 1. The molecule has 0 amide bonds. The van der Waals surface area contributed by atoms with E-state index in [1.54, 1.807) is 0 Å². The average molecular weight is 167 g/mol. The van der Waals surface area contributed by atoms with Gasteiger partial charge in [-0.2, -0.15) is 0 Å². The Kier molecular flexibility index (Phi) is 2.23. The average Bonchev–Trinajstić information content (AvgIpc) is 2.03. The van der Waals surface area contributed by atoms with E-state index in [0.29, 0.717) is 12.1 Å². The molecular weight excluding hydrogens is 158 g/mol. The van der Waals surface area contributed by atoms with Crippen molar-refractivity contribution < 1.29 is 9.90 Å². The molecule has 0 unspecified atom stereocenters. The van der Waals surface area contributed by atoms with Crippen molar-refractivity contribution in [3.05, 3.63) is 17.6 Å². The maximum Gasteiger partial charge on any atom is 0.358 e. The highest BCUT2D eigenvalue weighted by atomic mass is 16.4. The third-order valence-corrected chi connectivity index (χ3v) is 1.41. The number of carbonyl (C=O) groups is 1. The monoisotopic (exact) mass is 167 g/mol. The Morgan fingerprint density at radius 1 is 1.75 bits per heavy atom. The topological polar surface area (TPSA) is 89.1 Å². The van der Waals surface area contributed by atoms with Gasteiger partial charge in [0.15, 0.2) is 11.5 Å². The van der Waals surface area contributed by atoms with Crippen LogP contribution in [0, 0.1) is 0 Å². The molecule has 3 N–H and O–H groups in total. The fourth-order valence-corrected chi connectivity index (χ4v) is 0.777. The van der Waals surface area contributed by atoms with Crippen LogP contribution in [0.1, 0.15) is 23.1 Å². The van der Waals surface area contributed by atoms with Gasteiger partial charge in [-0.25, -0.2) is 14.8 Å². The van der Waals surface area contributed by atoms with Gasteiger partial charge in [0.1, 0.15) is 0 Å². The van der Waals surface area contributed by atoms with Gasteiger partial charge in [-0.15, -0.1) is 0 Å².